The molecule has 0 radical (unpaired) electrons. The van der Waals surface area contributed by atoms with Gasteiger partial charge in [0.25, 0.3) is 5.91 Å². The Morgan fingerprint density at radius 1 is 1.33 bits per heavy atom. The molecule has 0 unspecified atom stereocenters. The number of nitrogens with one attached hydrogen (secondary N) is 1. The second-order valence-electron chi connectivity index (χ2n) is 3.44. The first-order valence-electron chi connectivity index (χ1n) is 4.94. The highest BCUT2D eigenvalue weighted by atomic mass is 127. The summed E-state index contributed by atoms with van der Waals surface area (Å²) in [7, 11) is 0. The summed E-state index contributed by atoms with van der Waals surface area (Å²) in [6.45, 7) is 0. The van der Waals surface area contributed by atoms with Gasteiger partial charge >= 0.3 is 0 Å². The van der Waals surface area contributed by atoms with Gasteiger partial charge in [-0.1, -0.05) is 11.6 Å². The van der Waals surface area contributed by atoms with Crippen molar-refractivity contribution in [3.05, 3.63) is 55.3 Å². The number of benzene rings is 1. The van der Waals surface area contributed by atoms with Crippen LogP contribution in [0.1, 0.15) is 10.5 Å². The van der Waals surface area contributed by atoms with E-state index in [9.17, 15) is 4.79 Å². The van der Waals surface area contributed by atoms with Crippen LogP contribution in [0.4, 0.5) is 5.69 Å². The number of amides is 1. The summed E-state index contributed by atoms with van der Waals surface area (Å²) in [6, 6.07) is 8.84. The molecule has 0 saturated heterocycles. The Kier molecular flexibility index (Phi) is 4.58. The number of aromatic nitrogens is 1. The van der Waals surface area contributed by atoms with Crippen LogP contribution < -0.4 is 5.32 Å². The van der Waals surface area contributed by atoms with Gasteiger partial charge < -0.3 is 5.32 Å². The molecule has 3 nitrogen and oxygen atoms in total. The second-order valence-corrected chi connectivity index (χ2v) is 5.97. The van der Waals surface area contributed by atoms with Crippen molar-refractivity contribution in [3.63, 3.8) is 0 Å². The van der Waals surface area contributed by atoms with Crippen molar-refractivity contribution in [2.24, 2.45) is 0 Å². The Labute approximate surface area is 131 Å². The Bertz CT molecular complexity index is 606. The third kappa shape index (κ3) is 3.43. The third-order valence-electron chi connectivity index (χ3n) is 2.13. The number of carbonyl (C=O) groups is 1. The maximum Gasteiger partial charge on any atom is 0.274 e. The Hall–Kier alpha value is -0.660. The van der Waals surface area contributed by atoms with E-state index in [-0.39, 0.29) is 11.6 Å². The van der Waals surface area contributed by atoms with E-state index >= 15 is 0 Å². The van der Waals surface area contributed by atoms with E-state index in [0.29, 0.717) is 10.7 Å². The highest BCUT2D eigenvalue weighted by Gasteiger charge is 2.10. The molecule has 0 aliphatic rings. The van der Waals surface area contributed by atoms with E-state index in [1.165, 1.54) is 12.3 Å². The van der Waals surface area contributed by atoms with Gasteiger partial charge in [0, 0.05) is 19.3 Å². The normalized spacial score (nSPS) is 10.2. The number of pyridine rings is 1. The van der Waals surface area contributed by atoms with Crippen LogP contribution in [0.15, 0.2) is 41.0 Å². The smallest absolute Gasteiger partial charge is 0.274 e. The molecule has 1 aromatic heterocycles. The lowest BCUT2D eigenvalue weighted by molar-refractivity contribution is 0.102. The van der Waals surface area contributed by atoms with Crippen LogP contribution in [0.25, 0.3) is 0 Å². The fourth-order valence-electron chi connectivity index (χ4n) is 1.31. The topological polar surface area (TPSA) is 42.0 Å². The highest BCUT2D eigenvalue weighted by molar-refractivity contribution is 14.1. The molecule has 18 heavy (non-hydrogen) atoms. The molecule has 0 saturated carbocycles. The summed E-state index contributed by atoms with van der Waals surface area (Å²) in [5.74, 6) is -0.291. The van der Waals surface area contributed by atoms with Crippen molar-refractivity contribution in [2.45, 2.75) is 0 Å². The molecule has 6 heteroatoms. The molecule has 0 aliphatic carbocycles. The van der Waals surface area contributed by atoms with Crippen molar-refractivity contribution in [2.75, 3.05) is 5.32 Å². The molecule has 2 rings (SSSR count). The van der Waals surface area contributed by atoms with Crippen LogP contribution in [0, 0.1) is 3.57 Å². The molecule has 2 aromatic rings. The zero-order valence-electron chi connectivity index (χ0n) is 8.95. The number of carbonyl (C=O) groups excluding carboxylic acids is 1. The van der Waals surface area contributed by atoms with Crippen LogP contribution in [-0.4, -0.2) is 10.9 Å². The zero-order valence-corrected chi connectivity index (χ0v) is 13.5. The van der Waals surface area contributed by atoms with Gasteiger partial charge in [0.05, 0.1) is 5.69 Å². The highest BCUT2D eigenvalue weighted by Crippen LogP contribution is 2.25. The molecule has 92 valence electrons. The SMILES string of the molecule is O=C(Nc1cc(I)ccc1Br)c1cc(Cl)ccn1. The Balaban J connectivity index is 2.24. The fraction of sp³-hybridized carbons (Fsp3) is 0. The maximum absolute atomic E-state index is 12.0. The van der Waals surface area contributed by atoms with Gasteiger partial charge in [-0.25, -0.2) is 0 Å². The van der Waals surface area contributed by atoms with Crippen LogP contribution in [0.3, 0.4) is 0 Å². The molecule has 0 atom stereocenters. The largest absolute Gasteiger partial charge is 0.320 e. The summed E-state index contributed by atoms with van der Waals surface area (Å²) in [4.78, 5) is 15.9. The zero-order chi connectivity index (χ0) is 13.1. The van der Waals surface area contributed by atoms with Crippen LogP contribution >= 0.6 is 50.1 Å². The third-order valence-corrected chi connectivity index (χ3v) is 3.73. The number of hydrogen-bond donors (Lipinski definition) is 1. The predicted octanol–water partition coefficient (Wildman–Crippen LogP) is 4.35. The van der Waals surface area contributed by atoms with Gasteiger partial charge in [-0.15, -0.1) is 0 Å². The summed E-state index contributed by atoms with van der Waals surface area (Å²) >= 11 is 11.4. The van der Waals surface area contributed by atoms with Crippen molar-refractivity contribution >= 4 is 61.7 Å². The van der Waals surface area contributed by atoms with E-state index < -0.39 is 0 Å². The molecule has 0 bridgehead atoms. The van der Waals surface area contributed by atoms with Gasteiger partial charge in [-0.05, 0) is 68.9 Å². The lowest BCUT2D eigenvalue weighted by atomic mass is 10.3. The van der Waals surface area contributed by atoms with Crippen LogP contribution in [0.2, 0.25) is 5.02 Å². The monoisotopic (exact) mass is 436 g/mol. The number of halogens is 3. The van der Waals surface area contributed by atoms with E-state index in [4.69, 9.17) is 11.6 Å². The Morgan fingerprint density at radius 2 is 2.11 bits per heavy atom. The van der Waals surface area contributed by atoms with E-state index in [1.54, 1.807) is 6.07 Å². The molecular weight excluding hydrogens is 430 g/mol. The summed E-state index contributed by atoms with van der Waals surface area (Å²) in [6.07, 6.45) is 1.50. The van der Waals surface area contributed by atoms with E-state index in [2.05, 4.69) is 48.8 Å². The molecule has 1 amide bonds. The summed E-state index contributed by atoms with van der Waals surface area (Å²) in [5.41, 5.74) is 0.988. The summed E-state index contributed by atoms with van der Waals surface area (Å²) in [5, 5.41) is 3.27. The number of anilines is 1. The molecular formula is C12H7BrClIN2O. The van der Waals surface area contributed by atoms with Crippen molar-refractivity contribution < 1.29 is 4.79 Å². The lowest BCUT2D eigenvalue weighted by Crippen LogP contribution is -2.13. The molecule has 0 aliphatic heterocycles. The fourth-order valence-corrected chi connectivity index (χ4v) is 2.31. The molecule has 1 aromatic carbocycles. The van der Waals surface area contributed by atoms with E-state index in [1.807, 2.05) is 18.2 Å². The minimum absolute atomic E-state index is 0.285. The first-order chi connectivity index (χ1) is 8.56. The van der Waals surface area contributed by atoms with Crippen LogP contribution in [0.5, 0.6) is 0 Å². The minimum Gasteiger partial charge on any atom is -0.320 e. The first-order valence-corrected chi connectivity index (χ1v) is 7.19. The molecule has 0 spiro atoms. The standard InChI is InChI=1S/C12H7BrClIN2O/c13-9-2-1-8(15)6-10(9)17-12(18)11-5-7(14)3-4-16-11/h1-6H,(H,17,18). The molecule has 1 N–H and O–H groups in total. The second kappa shape index (κ2) is 5.99. The first kappa shape index (κ1) is 13.8. The van der Waals surface area contributed by atoms with E-state index in [0.717, 1.165) is 8.04 Å². The minimum atomic E-state index is -0.291. The van der Waals surface area contributed by atoms with Crippen molar-refractivity contribution in [1.82, 2.24) is 4.98 Å². The van der Waals surface area contributed by atoms with Gasteiger partial charge in [0.15, 0.2) is 0 Å². The molecule has 1 heterocycles. The van der Waals surface area contributed by atoms with Crippen LogP contribution in [-0.2, 0) is 0 Å². The summed E-state index contributed by atoms with van der Waals surface area (Å²) < 4.78 is 1.85. The van der Waals surface area contributed by atoms with Crippen molar-refractivity contribution in [1.29, 1.82) is 0 Å². The lowest BCUT2D eigenvalue weighted by Gasteiger charge is -2.07. The van der Waals surface area contributed by atoms with Gasteiger partial charge in [-0.3, -0.25) is 9.78 Å². The number of nitrogens with zero attached hydrogens (tertiary/aromatic N) is 1. The average molecular weight is 437 g/mol. The quantitative estimate of drug-likeness (QED) is 0.710. The Morgan fingerprint density at radius 3 is 2.83 bits per heavy atom. The number of rotatable bonds is 2. The number of hydrogen-bond acceptors (Lipinski definition) is 2. The maximum atomic E-state index is 12.0. The molecule has 0 fully saturated rings. The average Bonchev–Trinajstić information content (AvgIpc) is 2.34. The predicted molar refractivity (Wildman–Crippen MR) is 84.1 cm³/mol. The van der Waals surface area contributed by atoms with Gasteiger partial charge in [0.2, 0.25) is 0 Å². The van der Waals surface area contributed by atoms with Gasteiger partial charge in [0.1, 0.15) is 5.69 Å². The van der Waals surface area contributed by atoms with Crippen molar-refractivity contribution in [3.8, 4) is 0 Å². The van der Waals surface area contributed by atoms with Gasteiger partial charge in [-0.2, -0.15) is 0 Å².